The van der Waals surface area contributed by atoms with Gasteiger partial charge in [0.05, 0.1) is 18.2 Å². The number of methoxy groups -OCH3 is 1. The number of amides is 1. The van der Waals surface area contributed by atoms with Crippen LogP contribution in [0.3, 0.4) is 0 Å². The molecule has 0 fully saturated rings. The first-order valence-corrected chi connectivity index (χ1v) is 8.02. The molecular weight excluding hydrogens is 365 g/mol. The number of halogens is 2. The van der Waals surface area contributed by atoms with E-state index in [1.54, 1.807) is 25.1 Å². The summed E-state index contributed by atoms with van der Waals surface area (Å²) in [7, 11) is 1.43. The van der Waals surface area contributed by atoms with Gasteiger partial charge in [-0.15, -0.1) is 10.2 Å². The Morgan fingerprint density at radius 2 is 2.12 bits per heavy atom. The number of fused-ring (bicyclic) bond motifs is 1. The number of hydrogen-bond donors (Lipinski definition) is 1. The van der Waals surface area contributed by atoms with Gasteiger partial charge in [-0.3, -0.25) is 4.79 Å². The maximum Gasteiger partial charge on any atom is 0.367 e. The highest BCUT2D eigenvalue weighted by atomic mass is 35.5. The fourth-order valence-electron chi connectivity index (χ4n) is 2.39. The largest absolute Gasteiger partial charge is 0.480 e. The van der Waals surface area contributed by atoms with Crippen molar-refractivity contribution in [2.75, 3.05) is 7.11 Å². The number of nitrogens with one attached hydrogen (secondary N) is 1. The van der Waals surface area contributed by atoms with Crippen molar-refractivity contribution in [3.05, 3.63) is 57.2 Å². The van der Waals surface area contributed by atoms with E-state index in [2.05, 4.69) is 15.5 Å². The van der Waals surface area contributed by atoms with Gasteiger partial charge in [0.2, 0.25) is 11.8 Å². The average Bonchev–Trinajstić information content (AvgIpc) is 2.92. The van der Waals surface area contributed by atoms with Crippen LogP contribution >= 0.6 is 11.6 Å². The molecular formula is C16H15ClFN5O3. The fourth-order valence-corrected chi connectivity index (χ4v) is 2.51. The Morgan fingerprint density at radius 1 is 1.35 bits per heavy atom. The molecule has 10 heteroatoms. The molecule has 1 aromatic carbocycles. The van der Waals surface area contributed by atoms with Crippen LogP contribution in [-0.2, 0) is 11.3 Å². The molecule has 1 N–H and O–H groups in total. The van der Waals surface area contributed by atoms with E-state index in [1.165, 1.54) is 19.2 Å². The molecule has 0 saturated heterocycles. The highest BCUT2D eigenvalue weighted by Crippen LogP contribution is 2.20. The van der Waals surface area contributed by atoms with Crippen molar-refractivity contribution in [1.29, 1.82) is 0 Å². The lowest BCUT2D eigenvalue weighted by atomic mass is 10.1. The third kappa shape index (κ3) is 3.52. The molecule has 0 aliphatic heterocycles. The van der Waals surface area contributed by atoms with Crippen LogP contribution in [0.25, 0.3) is 5.65 Å². The summed E-state index contributed by atoms with van der Waals surface area (Å²) >= 11 is 5.65. The number of benzene rings is 1. The van der Waals surface area contributed by atoms with E-state index in [9.17, 15) is 14.0 Å². The van der Waals surface area contributed by atoms with Crippen LogP contribution in [0.15, 0.2) is 35.1 Å². The van der Waals surface area contributed by atoms with Crippen LogP contribution in [0.1, 0.15) is 18.5 Å². The van der Waals surface area contributed by atoms with E-state index in [0.29, 0.717) is 5.56 Å². The minimum absolute atomic E-state index is 0.00598. The molecule has 0 saturated carbocycles. The van der Waals surface area contributed by atoms with E-state index in [-0.39, 0.29) is 23.1 Å². The van der Waals surface area contributed by atoms with Crippen molar-refractivity contribution in [2.24, 2.45) is 0 Å². The molecule has 2 heterocycles. The van der Waals surface area contributed by atoms with E-state index < -0.39 is 23.5 Å². The predicted octanol–water partition coefficient (Wildman–Crippen LogP) is 1.57. The lowest BCUT2D eigenvalue weighted by Gasteiger charge is -2.14. The lowest BCUT2D eigenvalue weighted by Crippen LogP contribution is -2.34. The molecule has 0 radical (unpaired) electrons. The van der Waals surface area contributed by atoms with Gasteiger partial charge in [-0.2, -0.15) is 4.52 Å². The van der Waals surface area contributed by atoms with Gasteiger partial charge in [0.15, 0.2) is 5.65 Å². The summed E-state index contributed by atoms with van der Waals surface area (Å²) in [6.45, 7) is 1.39. The Bertz CT molecular complexity index is 1030. The Morgan fingerprint density at radius 3 is 2.81 bits per heavy atom. The molecule has 0 aliphatic carbocycles. The van der Waals surface area contributed by atoms with Gasteiger partial charge in [0.1, 0.15) is 12.4 Å². The van der Waals surface area contributed by atoms with Gasteiger partial charge in [0.25, 0.3) is 0 Å². The molecule has 0 bridgehead atoms. The van der Waals surface area contributed by atoms with Gasteiger partial charge >= 0.3 is 5.69 Å². The minimum atomic E-state index is -0.570. The molecule has 136 valence electrons. The average molecular weight is 380 g/mol. The van der Waals surface area contributed by atoms with Gasteiger partial charge in [-0.1, -0.05) is 17.7 Å². The number of carbonyl (C=O) groups excluding carboxylic acids is 1. The maximum atomic E-state index is 13.5. The number of nitrogens with zero attached hydrogens (tertiary/aromatic N) is 4. The van der Waals surface area contributed by atoms with Gasteiger partial charge in [-0.25, -0.2) is 13.9 Å². The molecule has 0 spiro atoms. The third-order valence-corrected chi connectivity index (χ3v) is 4.05. The van der Waals surface area contributed by atoms with E-state index in [0.717, 1.165) is 9.20 Å². The van der Waals surface area contributed by atoms with E-state index in [1.807, 2.05) is 0 Å². The first kappa shape index (κ1) is 17.9. The SMILES string of the molecule is COc1ccc2nn(CC(=O)N[C@@H](C)c3ccc(Cl)c(F)c3)c(=O)n2n1. The molecule has 0 unspecified atom stereocenters. The first-order valence-electron chi connectivity index (χ1n) is 7.64. The number of rotatable bonds is 5. The van der Waals surface area contributed by atoms with Crippen LogP contribution in [0.2, 0.25) is 5.02 Å². The second kappa shape index (κ2) is 7.12. The van der Waals surface area contributed by atoms with E-state index in [4.69, 9.17) is 16.3 Å². The van der Waals surface area contributed by atoms with Crippen molar-refractivity contribution in [1.82, 2.24) is 24.7 Å². The summed E-state index contributed by atoms with van der Waals surface area (Å²) in [5.74, 6) is -0.769. The van der Waals surface area contributed by atoms with Crippen LogP contribution < -0.4 is 15.7 Å². The van der Waals surface area contributed by atoms with Gasteiger partial charge in [0, 0.05) is 6.07 Å². The van der Waals surface area contributed by atoms with Crippen molar-refractivity contribution in [3.8, 4) is 5.88 Å². The summed E-state index contributed by atoms with van der Waals surface area (Å²) in [6.07, 6.45) is 0. The monoisotopic (exact) mass is 379 g/mol. The third-order valence-electron chi connectivity index (χ3n) is 3.74. The van der Waals surface area contributed by atoms with Crippen LogP contribution in [0.5, 0.6) is 5.88 Å². The lowest BCUT2D eigenvalue weighted by molar-refractivity contribution is -0.122. The summed E-state index contributed by atoms with van der Waals surface area (Å²) in [5, 5.41) is 10.7. The summed E-state index contributed by atoms with van der Waals surface area (Å²) < 4.78 is 20.5. The predicted molar refractivity (Wildman–Crippen MR) is 91.8 cm³/mol. The quantitative estimate of drug-likeness (QED) is 0.726. The second-order valence-corrected chi connectivity index (χ2v) is 5.96. The van der Waals surface area contributed by atoms with Crippen molar-refractivity contribution in [2.45, 2.75) is 19.5 Å². The van der Waals surface area contributed by atoms with Crippen molar-refractivity contribution >= 4 is 23.2 Å². The summed E-state index contributed by atoms with van der Waals surface area (Å²) in [4.78, 5) is 24.5. The Labute approximate surface area is 152 Å². The Kier molecular flexibility index (Phi) is 4.90. The molecule has 3 aromatic rings. The number of ether oxygens (including phenoxy) is 1. The van der Waals surface area contributed by atoms with Gasteiger partial charge < -0.3 is 10.1 Å². The smallest absolute Gasteiger partial charge is 0.367 e. The molecule has 1 amide bonds. The summed E-state index contributed by atoms with van der Waals surface area (Å²) in [6, 6.07) is 6.93. The fraction of sp³-hybridized carbons (Fsp3) is 0.250. The highest BCUT2D eigenvalue weighted by Gasteiger charge is 2.15. The van der Waals surface area contributed by atoms with E-state index >= 15 is 0 Å². The van der Waals surface area contributed by atoms with Crippen LogP contribution in [0, 0.1) is 5.82 Å². The maximum absolute atomic E-state index is 13.5. The molecule has 2 aromatic heterocycles. The van der Waals surface area contributed by atoms with Crippen molar-refractivity contribution < 1.29 is 13.9 Å². The first-order chi connectivity index (χ1) is 12.4. The van der Waals surface area contributed by atoms with Crippen LogP contribution in [0.4, 0.5) is 4.39 Å². The highest BCUT2D eigenvalue weighted by molar-refractivity contribution is 6.30. The molecule has 26 heavy (non-hydrogen) atoms. The normalized spacial score (nSPS) is 12.2. The molecule has 1 atom stereocenters. The zero-order valence-electron chi connectivity index (χ0n) is 13.9. The number of carbonyl (C=O) groups is 1. The Balaban J connectivity index is 1.75. The molecule has 0 aliphatic rings. The van der Waals surface area contributed by atoms with Crippen molar-refractivity contribution in [3.63, 3.8) is 0 Å². The van der Waals surface area contributed by atoms with Gasteiger partial charge in [-0.05, 0) is 30.7 Å². The van der Waals surface area contributed by atoms with Crippen LogP contribution in [-0.4, -0.2) is 32.4 Å². The minimum Gasteiger partial charge on any atom is -0.480 e. The zero-order chi connectivity index (χ0) is 18.8. The number of aromatic nitrogens is 4. The standard InChI is InChI=1S/C16H15ClFN5O3/c1-9(10-3-4-11(17)12(18)7-10)19-14(24)8-22-16(25)23-13(20-22)5-6-15(21-23)26-2/h3-7,9H,8H2,1-2H3,(H,19,24)/t9-/m0/s1. The second-order valence-electron chi connectivity index (χ2n) is 5.55. The Hall–Kier alpha value is -2.94. The zero-order valence-corrected chi connectivity index (χ0v) is 14.7. The molecule has 3 rings (SSSR count). The summed E-state index contributed by atoms with van der Waals surface area (Å²) in [5.41, 5.74) is 0.268. The number of hydrogen-bond acceptors (Lipinski definition) is 5. The topological polar surface area (TPSA) is 90.5 Å². The molecule has 8 nitrogen and oxygen atoms in total.